The topological polar surface area (TPSA) is 125 Å². The maximum atomic E-state index is 11.7. The van der Waals surface area contributed by atoms with Gasteiger partial charge in [0.2, 0.25) is 5.95 Å². The van der Waals surface area contributed by atoms with Crippen LogP contribution in [-0.4, -0.2) is 55.6 Å². The SMILES string of the molecule is CNc1nc2c(=O)[nH]cnc2n1[C@H]1C[C@@H](O)[C@H](CO)O1. The number of aliphatic hydroxyl groups is 2. The van der Waals surface area contributed by atoms with Crippen LogP contribution in [0.4, 0.5) is 5.95 Å². The molecule has 0 radical (unpaired) electrons. The van der Waals surface area contributed by atoms with Gasteiger partial charge in [0.15, 0.2) is 11.2 Å². The van der Waals surface area contributed by atoms with Gasteiger partial charge in [-0.3, -0.25) is 9.36 Å². The number of ether oxygens (including phenoxy) is 1. The van der Waals surface area contributed by atoms with E-state index in [0.717, 1.165) is 0 Å². The Labute approximate surface area is 113 Å². The lowest BCUT2D eigenvalue weighted by Gasteiger charge is -2.16. The van der Waals surface area contributed by atoms with E-state index in [9.17, 15) is 9.90 Å². The number of fused-ring (bicyclic) bond motifs is 1. The van der Waals surface area contributed by atoms with E-state index in [0.29, 0.717) is 18.0 Å². The maximum absolute atomic E-state index is 11.7. The van der Waals surface area contributed by atoms with Crippen LogP contribution >= 0.6 is 0 Å². The van der Waals surface area contributed by atoms with Crippen LogP contribution in [0.3, 0.4) is 0 Å². The fourth-order valence-electron chi connectivity index (χ4n) is 2.41. The minimum Gasteiger partial charge on any atom is -0.394 e. The molecule has 0 aliphatic carbocycles. The van der Waals surface area contributed by atoms with Crippen LogP contribution in [0.5, 0.6) is 0 Å². The van der Waals surface area contributed by atoms with Crippen molar-refractivity contribution in [3.63, 3.8) is 0 Å². The Hall–Kier alpha value is -1.97. The summed E-state index contributed by atoms with van der Waals surface area (Å²) in [5, 5.41) is 21.8. The molecular weight excluding hydrogens is 266 g/mol. The fraction of sp³-hybridized carbons (Fsp3) is 0.545. The van der Waals surface area contributed by atoms with Gasteiger partial charge in [-0.2, -0.15) is 0 Å². The van der Waals surface area contributed by atoms with E-state index < -0.39 is 18.4 Å². The van der Waals surface area contributed by atoms with Crippen LogP contribution < -0.4 is 10.9 Å². The van der Waals surface area contributed by atoms with Crippen molar-refractivity contribution < 1.29 is 14.9 Å². The van der Waals surface area contributed by atoms with Crippen molar-refractivity contribution in [3.8, 4) is 0 Å². The first-order chi connectivity index (χ1) is 9.65. The number of nitrogens with one attached hydrogen (secondary N) is 2. The lowest BCUT2D eigenvalue weighted by atomic mass is 10.2. The molecule has 0 unspecified atom stereocenters. The monoisotopic (exact) mass is 281 g/mol. The Kier molecular flexibility index (Phi) is 3.16. The largest absolute Gasteiger partial charge is 0.394 e. The number of imidazole rings is 1. The third-order valence-corrected chi connectivity index (χ3v) is 3.38. The summed E-state index contributed by atoms with van der Waals surface area (Å²) in [6.45, 7) is -0.271. The molecule has 1 fully saturated rings. The quantitative estimate of drug-likeness (QED) is 0.557. The molecule has 0 spiro atoms. The van der Waals surface area contributed by atoms with Crippen LogP contribution in [0.25, 0.3) is 11.2 Å². The molecule has 2 aromatic rings. The molecule has 3 heterocycles. The number of aliphatic hydroxyl groups excluding tert-OH is 2. The summed E-state index contributed by atoms with van der Waals surface area (Å²) in [6, 6.07) is 0. The highest BCUT2D eigenvalue weighted by molar-refractivity contribution is 5.73. The molecule has 0 aromatic carbocycles. The summed E-state index contributed by atoms with van der Waals surface area (Å²) in [7, 11) is 1.67. The first-order valence-corrected chi connectivity index (χ1v) is 6.23. The first-order valence-electron chi connectivity index (χ1n) is 6.23. The van der Waals surface area contributed by atoms with Crippen molar-refractivity contribution in [1.82, 2.24) is 19.5 Å². The van der Waals surface area contributed by atoms with E-state index in [4.69, 9.17) is 9.84 Å². The zero-order valence-electron chi connectivity index (χ0n) is 10.8. The Morgan fingerprint density at radius 1 is 1.65 bits per heavy atom. The van der Waals surface area contributed by atoms with E-state index in [1.54, 1.807) is 11.6 Å². The predicted molar refractivity (Wildman–Crippen MR) is 69.3 cm³/mol. The second kappa shape index (κ2) is 4.85. The third kappa shape index (κ3) is 1.87. The van der Waals surface area contributed by atoms with Gasteiger partial charge < -0.3 is 25.3 Å². The molecule has 2 aromatic heterocycles. The number of nitrogens with zero attached hydrogens (tertiary/aromatic N) is 3. The van der Waals surface area contributed by atoms with Gasteiger partial charge in [-0.05, 0) is 0 Å². The zero-order valence-corrected chi connectivity index (χ0v) is 10.8. The average molecular weight is 281 g/mol. The van der Waals surface area contributed by atoms with Crippen LogP contribution in [0.15, 0.2) is 11.1 Å². The van der Waals surface area contributed by atoms with E-state index in [-0.39, 0.29) is 17.7 Å². The highest BCUT2D eigenvalue weighted by Crippen LogP contribution is 2.32. The summed E-state index contributed by atoms with van der Waals surface area (Å²) in [5.41, 5.74) is 0.221. The molecule has 108 valence electrons. The highest BCUT2D eigenvalue weighted by atomic mass is 16.5. The number of rotatable bonds is 3. The number of H-pyrrole nitrogens is 1. The Bertz CT molecular complexity index is 681. The first kappa shape index (κ1) is 13.0. The number of anilines is 1. The van der Waals surface area contributed by atoms with E-state index in [2.05, 4.69) is 20.3 Å². The smallest absolute Gasteiger partial charge is 0.278 e. The molecule has 20 heavy (non-hydrogen) atoms. The zero-order chi connectivity index (χ0) is 14.3. The lowest BCUT2D eigenvalue weighted by Crippen LogP contribution is -2.24. The Morgan fingerprint density at radius 3 is 3.10 bits per heavy atom. The predicted octanol–water partition coefficient (Wildman–Crippen LogP) is -1.20. The van der Waals surface area contributed by atoms with Crippen LogP contribution in [0, 0.1) is 0 Å². The molecule has 1 aliphatic rings. The summed E-state index contributed by atoms with van der Waals surface area (Å²) in [4.78, 5) is 22.5. The van der Waals surface area contributed by atoms with Gasteiger partial charge in [-0.15, -0.1) is 0 Å². The van der Waals surface area contributed by atoms with E-state index in [1.807, 2.05) is 0 Å². The van der Waals surface area contributed by atoms with Crippen molar-refractivity contribution in [2.75, 3.05) is 19.0 Å². The van der Waals surface area contributed by atoms with Crippen molar-refractivity contribution in [1.29, 1.82) is 0 Å². The molecule has 4 N–H and O–H groups in total. The average Bonchev–Trinajstić information content (AvgIpc) is 2.99. The molecular formula is C11H15N5O4. The van der Waals surface area contributed by atoms with Crippen LogP contribution in [-0.2, 0) is 4.74 Å². The van der Waals surface area contributed by atoms with Crippen molar-refractivity contribution >= 4 is 17.1 Å². The summed E-state index contributed by atoms with van der Waals surface area (Å²) in [5.74, 6) is 0.417. The van der Waals surface area contributed by atoms with Gasteiger partial charge >= 0.3 is 0 Å². The summed E-state index contributed by atoms with van der Waals surface area (Å²) in [6.07, 6.45) is -0.376. The van der Waals surface area contributed by atoms with Crippen LogP contribution in [0.2, 0.25) is 0 Å². The molecule has 3 atom stereocenters. The Morgan fingerprint density at radius 2 is 2.45 bits per heavy atom. The van der Waals surface area contributed by atoms with Gasteiger partial charge in [0, 0.05) is 13.5 Å². The van der Waals surface area contributed by atoms with Gasteiger partial charge in [0.25, 0.3) is 5.56 Å². The summed E-state index contributed by atoms with van der Waals surface area (Å²) < 4.78 is 7.20. The lowest BCUT2D eigenvalue weighted by molar-refractivity contribution is -0.0425. The van der Waals surface area contributed by atoms with Crippen molar-refractivity contribution in [2.24, 2.45) is 0 Å². The van der Waals surface area contributed by atoms with Crippen molar-refractivity contribution in [2.45, 2.75) is 24.9 Å². The van der Waals surface area contributed by atoms with Crippen molar-refractivity contribution in [3.05, 3.63) is 16.7 Å². The fourth-order valence-corrected chi connectivity index (χ4v) is 2.41. The van der Waals surface area contributed by atoms with Gasteiger partial charge in [0.05, 0.1) is 19.0 Å². The third-order valence-electron chi connectivity index (χ3n) is 3.38. The molecule has 3 rings (SSSR count). The van der Waals surface area contributed by atoms with Crippen LogP contribution in [0.1, 0.15) is 12.6 Å². The van der Waals surface area contributed by atoms with Gasteiger partial charge in [-0.1, -0.05) is 0 Å². The van der Waals surface area contributed by atoms with Gasteiger partial charge in [0.1, 0.15) is 12.3 Å². The number of hydrogen-bond acceptors (Lipinski definition) is 7. The number of aromatic nitrogens is 4. The maximum Gasteiger partial charge on any atom is 0.278 e. The van der Waals surface area contributed by atoms with E-state index >= 15 is 0 Å². The molecule has 1 aliphatic heterocycles. The molecule has 0 bridgehead atoms. The molecule has 9 nitrogen and oxygen atoms in total. The minimum atomic E-state index is -0.769. The Balaban J connectivity index is 2.11. The standard InChI is InChI=1S/C11H15N5O4/c1-12-11-15-8-9(13-4-14-10(8)19)16(11)7-2-5(18)6(3-17)20-7/h4-7,17-18H,2-3H2,1H3,(H,12,15)(H,13,14,19)/t5-,6+,7-/m1/s1. The summed E-state index contributed by atoms with van der Waals surface area (Å²) >= 11 is 0. The number of hydrogen-bond donors (Lipinski definition) is 4. The number of aromatic amines is 1. The van der Waals surface area contributed by atoms with Gasteiger partial charge in [-0.25, -0.2) is 9.97 Å². The molecule has 1 saturated heterocycles. The highest BCUT2D eigenvalue weighted by Gasteiger charge is 2.36. The minimum absolute atomic E-state index is 0.197. The second-order valence-electron chi connectivity index (χ2n) is 4.57. The molecule has 0 saturated carbocycles. The second-order valence-corrected chi connectivity index (χ2v) is 4.57. The molecule has 0 amide bonds. The molecule has 9 heteroatoms. The van der Waals surface area contributed by atoms with E-state index in [1.165, 1.54) is 6.33 Å². The normalized spacial score (nSPS) is 26.2.